The first-order chi connectivity index (χ1) is 23.5. The zero-order valence-corrected chi connectivity index (χ0v) is 28.5. The van der Waals surface area contributed by atoms with Gasteiger partial charge in [0.1, 0.15) is 0 Å². The number of hydrogen-bond acceptors (Lipinski definition) is 5. The highest BCUT2D eigenvalue weighted by atomic mass is 35.5. The summed E-state index contributed by atoms with van der Waals surface area (Å²) in [7, 11) is 0. The second-order valence-corrected chi connectivity index (χ2v) is 14.1. The second-order valence-electron chi connectivity index (χ2n) is 12.2. The monoisotopic (exact) mass is 735 g/mol. The van der Waals surface area contributed by atoms with E-state index in [0.717, 1.165) is 31.4 Å². The molecule has 0 radical (unpaired) electrons. The summed E-state index contributed by atoms with van der Waals surface area (Å²) in [5.41, 5.74) is 4.39. The first-order valence-corrected chi connectivity index (χ1v) is 17.4. The van der Waals surface area contributed by atoms with E-state index in [-0.39, 0.29) is 12.2 Å². The Kier molecular flexibility index (Phi) is 11.0. The zero-order chi connectivity index (χ0) is 34.7. The molecule has 2 unspecified atom stereocenters. The molecule has 0 spiro atoms. The molecule has 1 N–H and O–H groups in total. The van der Waals surface area contributed by atoms with Crippen LogP contribution in [0.2, 0.25) is 10.0 Å². The molecule has 4 aromatic rings. The molecule has 0 aliphatic carbocycles. The van der Waals surface area contributed by atoms with E-state index in [9.17, 15) is 26.7 Å². The molecule has 2 saturated heterocycles. The van der Waals surface area contributed by atoms with Crippen LogP contribution >= 0.6 is 34.5 Å². The minimum absolute atomic E-state index is 0.151. The molecule has 0 bridgehead atoms. The van der Waals surface area contributed by atoms with Gasteiger partial charge in [0.2, 0.25) is 0 Å². The third kappa shape index (κ3) is 8.13. The lowest BCUT2D eigenvalue weighted by atomic mass is 9.99. The maximum atomic E-state index is 14.0. The van der Waals surface area contributed by atoms with Gasteiger partial charge in [-0.25, -0.2) is 9.69 Å². The molecular weight excluding hydrogens is 704 g/mol. The number of nitrogens with zero attached hydrogens (tertiary/aromatic N) is 4. The number of hydrogen-bond donors (Lipinski definition) is 1. The Morgan fingerprint density at radius 2 is 1.63 bits per heavy atom. The van der Waals surface area contributed by atoms with Crippen molar-refractivity contribution in [3.63, 3.8) is 0 Å². The predicted molar refractivity (Wildman–Crippen MR) is 181 cm³/mol. The van der Waals surface area contributed by atoms with E-state index in [1.54, 1.807) is 28.9 Å². The summed E-state index contributed by atoms with van der Waals surface area (Å²) in [5.74, 6) is 4.60. The maximum absolute atomic E-state index is 14.0. The second kappa shape index (κ2) is 15.2. The molecule has 14 heteroatoms. The van der Waals surface area contributed by atoms with Gasteiger partial charge >= 0.3 is 6.18 Å². The van der Waals surface area contributed by atoms with Crippen molar-refractivity contribution in [2.45, 2.75) is 32.0 Å². The molecule has 2 aliphatic rings. The van der Waals surface area contributed by atoms with E-state index in [2.05, 4.69) is 17.3 Å². The number of alkyl halides is 5. The number of aromatic nitrogens is 2. The van der Waals surface area contributed by atoms with Crippen molar-refractivity contribution in [2.24, 2.45) is 11.8 Å². The van der Waals surface area contributed by atoms with Crippen molar-refractivity contribution in [3.05, 3.63) is 91.9 Å². The van der Waals surface area contributed by atoms with Gasteiger partial charge in [-0.3, -0.25) is 23.9 Å². The van der Waals surface area contributed by atoms with Gasteiger partial charge in [0, 0.05) is 60.7 Å². The molecule has 2 atom stereocenters. The number of benzene rings is 2. The summed E-state index contributed by atoms with van der Waals surface area (Å²) < 4.78 is 68.4. The van der Waals surface area contributed by atoms with Crippen molar-refractivity contribution >= 4 is 40.4 Å². The number of nitrogens with one attached hydrogen (secondary N) is 1. The Morgan fingerprint density at radius 1 is 0.939 bits per heavy atom. The van der Waals surface area contributed by atoms with Crippen LogP contribution in [0.1, 0.15) is 51.3 Å². The lowest BCUT2D eigenvalue weighted by molar-refractivity contribution is -0.137. The van der Waals surface area contributed by atoms with Gasteiger partial charge in [-0.1, -0.05) is 41.5 Å². The Bertz CT molecular complexity index is 1850. The van der Waals surface area contributed by atoms with Gasteiger partial charge in [-0.05, 0) is 67.4 Å². The van der Waals surface area contributed by atoms with Crippen molar-refractivity contribution in [1.29, 1.82) is 0 Å². The molecule has 49 heavy (non-hydrogen) atoms. The number of amides is 1. The summed E-state index contributed by atoms with van der Waals surface area (Å²) in [6.07, 6.45) is -1.47. The molecule has 6 nitrogen and oxygen atoms in total. The zero-order valence-electron chi connectivity index (χ0n) is 26.2. The first kappa shape index (κ1) is 35.4. The highest BCUT2D eigenvalue weighted by molar-refractivity contribution is 7.16. The number of carbonyl (C=O) groups is 1. The Hall–Kier alpha value is -3.47. The van der Waals surface area contributed by atoms with Gasteiger partial charge in [-0.2, -0.15) is 18.3 Å². The number of hydrazine groups is 1. The Labute approximate surface area is 294 Å². The van der Waals surface area contributed by atoms with Crippen LogP contribution in [0, 0.1) is 23.7 Å². The number of rotatable bonds is 8. The summed E-state index contributed by atoms with van der Waals surface area (Å²) in [6, 6.07) is 13.2. The van der Waals surface area contributed by atoms with Gasteiger partial charge in [-0.15, -0.1) is 11.3 Å². The van der Waals surface area contributed by atoms with E-state index in [0.29, 0.717) is 68.5 Å². The molecule has 0 saturated carbocycles. The number of thiophene rings is 1. The van der Waals surface area contributed by atoms with Crippen LogP contribution in [-0.2, 0) is 12.7 Å². The molecule has 2 fully saturated rings. The highest BCUT2D eigenvalue weighted by Crippen LogP contribution is 2.38. The number of likely N-dealkylation sites (tertiary alicyclic amines) is 1. The summed E-state index contributed by atoms with van der Waals surface area (Å²) in [5, 5.41) is 7.39. The molecular formula is C35H32Cl2F5N5OS. The third-order valence-electron chi connectivity index (χ3n) is 8.76. The van der Waals surface area contributed by atoms with Crippen molar-refractivity contribution in [2.75, 3.05) is 39.5 Å². The minimum atomic E-state index is -4.44. The quantitative estimate of drug-likeness (QED) is 0.146. The Balaban J connectivity index is 1.43. The Morgan fingerprint density at radius 3 is 2.27 bits per heavy atom. The SMILES string of the molecule is O=C(NN1CCCCC1)c1nn(-c2ccc(Cl)cc2Cl)c(-c2ccc(C#Cc3ccc(C(F)(F)F)cc3)s2)c1CN1CC(CF)C(CF)C1. The van der Waals surface area contributed by atoms with Gasteiger partial charge < -0.3 is 0 Å². The lowest BCUT2D eigenvalue weighted by Crippen LogP contribution is -2.45. The molecule has 2 aliphatic heterocycles. The fourth-order valence-electron chi connectivity index (χ4n) is 6.21. The summed E-state index contributed by atoms with van der Waals surface area (Å²) in [6.45, 7) is 0.939. The predicted octanol–water partition coefficient (Wildman–Crippen LogP) is 8.44. The highest BCUT2D eigenvalue weighted by Gasteiger charge is 2.36. The van der Waals surface area contributed by atoms with Crippen LogP contribution < -0.4 is 5.43 Å². The summed E-state index contributed by atoms with van der Waals surface area (Å²) >= 11 is 14.2. The number of carbonyl (C=O) groups excluding carboxylic acids is 1. The average Bonchev–Trinajstić information content (AvgIpc) is 3.81. The summed E-state index contributed by atoms with van der Waals surface area (Å²) in [4.78, 5) is 17.2. The molecule has 258 valence electrons. The fourth-order valence-corrected chi connectivity index (χ4v) is 7.62. The molecule has 4 heterocycles. The van der Waals surface area contributed by atoms with Crippen LogP contribution in [-0.4, -0.2) is 65.1 Å². The van der Waals surface area contributed by atoms with Crippen molar-refractivity contribution in [3.8, 4) is 28.1 Å². The number of halogens is 7. The van der Waals surface area contributed by atoms with E-state index in [1.165, 1.54) is 23.5 Å². The topological polar surface area (TPSA) is 53.4 Å². The standard InChI is InChI=1S/C35H32Cl2F5N5OS/c36-26-9-12-30(29(37)16-26)47-33(31-13-11-27(49-31)10-6-22-4-7-25(8-5-22)35(40,41)42)28(21-45-19-23(17-38)24(18-39)20-45)32(43-47)34(48)44-46-14-2-1-3-15-46/h4-5,7-9,11-13,16,23-24H,1-3,14-15,17-21H2,(H,44,48). The van der Waals surface area contributed by atoms with E-state index < -0.39 is 42.8 Å². The van der Waals surface area contributed by atoms with Crippen molar-refractivity contribution < 1.29 is 26.7 Å². The molecule has 1 amide bonds. The fraction of sp³-hybridized carbons (Fsp3) is 0.371. The normalized spacial score (nSPS) is 18.8. The number of piperidine rings is 1. The van der Waals surface area contributed by atoms with Gasteiger partial charge in [0.05, 0.1) is 45.1 Å². The van der Waals surface area contributed by atoms with Gasteiger partial charge in [0.25, 0.3) is 5.91 Å². The lowest BCUT2D eigenvalue weighted by Gasteiger charge is -2.26. The van der Waals surface area contributed by atoms with Crippen molar-refractivity contribution in [1.82, 2.24) is 25.1 Å². The maximum Gasteiger partial charge on any atom is 0.416 e. The average molecular weight is 737 g/mol. The van der Waals surface area contributed by atoms with E-state index in [4.69, 9.17) is 28.3 Å². The van der Waals surface area contributed by atoms with Crippen LogP contribution in [0.3, 0.4) is 0 Å². The largest absolute Gasteiger partial charge is 0.416 e. The van der Waals surface area contributed by atoms with Crippen LogP contribution in [0.5, 0.6) is 0 Å². The third-order valence-corrected chi connectivity index (χ3v) is 10.3. The smallest absolute Gasteiger partial charge is 0.298 e. The first-order valence-electron chi connectivity index (χ1n) is 15.8. The van der Waals surface area contributed by atoms with Crippen LogP contribution in [0.25, 0.3) is 16.3 Å². The van der Waals surface area contributed by atoms with Gasteiger partial charge in [0.15, 0.2) is 5.69 Å². The molecule has 6 rings (SSSR count). The van der Waals surface area contributed by atoms with E-state index >= 15 is 0 Å². The minimum Gasteiger partial charge on any atom is -0.298 e. The van der Waals surface area contributed by atoms with Crippen LogP contribution in [0.4, 0.5) is 22.0 Å². The van der Waals surface area contributed by atoms with E-state index in [1.807, 2.05) is 16.0 Å². The molecule has 2 aromatic heterocycles. The molecule has 2 aromatic carbocycles. The van der Waals surface area contributed by atoms with Crippen LogP contribution in [0.15, 0.2) is 54.6 Å².